The van der Waals surface area contributed by atoms with E-state index in [2.05, 4.69) is 0 Å². The molecular formula is C18H23NO6. The average Bonchev–Trinajstić information content (AvgIpc) is 2.61. The van der Waals surface area contributed by atoms with Crippen molar-refractivity contribution in [2.24, 2.45) is 0 Å². The van der Waals surface area contributed by atoms with Crippen LogP contribution < -0.4 is 14.2 Å². The van der Waals surface area contributed by atoms with Gasteiger partial charge in [-0.1, -0.05) is 0 Å². The van der Waals surface area contributed by atoms with Gasteiger partial charge in [0, 0.05) is 33.0 Å². The lowest BCUT2D eigenvalue weighted by molar-refractivity contribution is -0.138. The molecule has 0 atom stereocenters. The van der Waals surface area contributed by atoms with Crippen LogP contribution >= 0.6 is 0 Å². The topological polar surface area (TPSA) is 74.3 Å². The van der Waals surface area contributed by atoms with E-state index < -0.39 is 5.60 Å². The molecule has 1 saturated heterocycles. The van der Waals surface area contributed by atoms with Gasteiger partial charge in [-0.2, -0.15) is 0 Å². The van der Waals surface area contributed by atoms with Gasteiger partial charge in [-0.25, -0.2) is 0 Å². The maximum atomic E-state index is 12.7. The van der Waals surface area contributed by atoms with Gasteiger partial charge in [0.2, 0.25) is 11.7 Å². The van der Waals surface area contributed by atoms with E-state index in [0.29, 0.717) is 55.2 Å². The van der Waals surface area contributed by atoms with Crippen molar-refractivity contribution in [3.05, 3.63) is 17.7 Å². The van der Waals surface area contributed by atoms with Gasteiger partial charge < -0.3 is 23.8 Å². The Morgan fingerprint density at radius 1 is 1.20 bits per heavy atom. The van der Waals surface area contributed by atoms with Crippen LogP contribution in [0, 0.1) is 0 Å². The van der Waals surface area contributed by atoms with Crippen molar-refractivity contribution in [2.45, 2.75) is 24.9 Å². The molecule has 2 aliphatic heterocycles. The molecule has 1 aromatic carbocycles. The van der Waals surface area contributed by atoms with Gasteiger partial charge in [-0.15, -0.1) is 0 Å². The number of ether oxygens (including phenoxy) is 4. The molecule has 7 nitrogen and oxygen atoms in total. The molecule has 0 bridgehead atoms. The number of Topliss-reactive ketones (excluding diaryl/α,β-unsaturated/α-hetero) is 1. The molecule has 0 unspecified atom stereocenters. The lowest BCUT2D eigenvalue weighted by Gasteiger charge is -2.44. The van der Waals surface area contributed by atoms with E-state index in [9.17, 15) is 9.59 Å². The van der Waals surface area contributed by atoms with Crippen LogP contribution in [0.1, 0.15) is 29.6 Å². The fourth-order valence-electron chi connectivity index (χ4n) is 3.52. The standard InChI is InChI=1S/C18H23NO6/c1-22-11-15(21)19-8-6-18(7-9-19)10-13(20)12-4-5-14(23-2)17(24-3)16(12)25-18/h4-5H,6-11H2,1-3H3. The van der Waals surface area contributed by atoms with E-state index in [1.807, 2.05) is 0 Å². The summed E-state index contributed by atoms with van der Waals surface area (Å²) in [4.78, 5) is 26.4. The number of piperidine rings is 1. The summed E-state index contributed by atoms with van der Waals surface area (Å²) in [5.41, 5.74) is -0.0886. The fraction of sp³-hybridized carbons (Fsp3) is 0.556. The van der Waals surface area contributed by atoms with Crippen molar-refractivity contribution in [3.8, 4) is 17.2 Å². The third kappa shape index (κ3) is 3.16. The molecule has 1 spiro atoms. The molecule has 136 valence electrons. The number of ketones is 1. The van der Waals surface area contributed by atoms with Crippen molar-refractivity contribution in [3.63, 3.8) is 0 Å². The summed E-state index contributed by atoms with van der Waals surface area (Å²) in [6.45, 7) is 1.15. The van der Waals surface area contributed by atoms with E-state index in [4.69, 9.17) is 18.9 Å². The minimum atomic E-state index is -0.604. The maximum absolute atomic E-state index is 12.7. The van der Waals surface area contributed by atoms with Gasteiger partial charge >= 0.3 is 0 Å². The van der Waals surface area contributed by atoms with Crippen molar-refractivity contribution in [1.29, 1.82) is 0 Å². The number of carbonyl (C=O) groups excluding carboxylic acids is 2. The maximum Gasteiger partial charge on any atom is 0.248 e. The summed E-state index contributed by atoms with van der Waals surface area (Å²) < 4.78 is 21.9. The van der Waals surface area contributed by atoms with Crippen LogP contribution in [0.25, 0.3) is 0 Å². The molecule has 0 radical (unpaired) electrons. The minimum absolute atomic E-state index is 0.0267. The van der Waals surface area contributed by atoms with Crippen LogP contribution in [0.5, 0.6) is 17.2 Å². The number of amides is 1. The average molecular weight is 349 g/mol. The van der Waals surface area contributed by atoms with E-state index in [1.54, 1.807) is 24.1 Å². The van der Waals surface area contributed by atoms with Crippen molar-refractivity contribution < 1.29 is 28.5 Å². The first-order valence-electron chi connectivity index (χ1n) is 8.27. The number of likely N-dealkylation sites (tertiary alicyclic amines) is 1. The summed E-state index contributed by atoms with van der Waals surface area (Å²) in [6.07, 6.45) is 1.49. The Morgan fingerprint density at radius 2 is 1.92 bits per heavy atom. The molecular weight excluding hydrogens is 326 g/mol. The van der Waals surface area contributed by atoms with Gasteiger partial charge in [-0.3, -0.25) is 9.59 Å². The number of benzene rings is 1. The molecule has 2 heterocycles. The molecule has 2 aliphatic rings. The predicted octanol–water partition coefficient (Wildman–Crippen LogP) is 1.68. The number of nitrogens with zero attached hydrogens (tertiary/aromatic N) is 1. The molecule has 7 heteroatoms. The summed E-state index contributed by atoms with van der Waals surface area (Å²) in [7, 11) is 4.58. The highest BCUT2D eigenvalue weighted by atomic mass is 16.5. The van der Waals surface area contributed by atoms with Gasteiger partial charge in [0.15, 0.2) is 17.3 Å². The Bertz CT molecular complexity index is 678. The van der Waals surface area contributed by atoms with E-state index >= 15 is 0 Å². The smallest absolute Gasteiger partial charge is 0.248 e. The second-order valence-electron chi connectivity index (χ2n) is 6.38. The highest BCUT2D eigenvalue weighted by molar-refractivity contribution is 6.01. The van der Waals surface area contributed by atoms with Crippen molar-refractivity contribution in [2.75, 3.05) is 41.0 Å². The van der Waals surface area contributed by atoms with Crippen LogP contribution in [0.4, 0.5) is 0 Å². The van der Waals surface area contributed by atoms with Crippen molar-refractivity contribution in [1.82, 2.24) is 4.90 Å². The molecule has 0 aliphatic carbocycles. The number of methoxy groups -OCH3 is 3. The summed E-state index contributed by atoms with van der Waals surface area (Å²) in [5, 5.41) is 0. The van der Waals surface area contributed by atoms with Crippen LogP contribution in [0.3, 0.4) is 0 Å². The lowest BCUT2D eigenvalue weighted by Crippen LogP contribution is -2.52. The molecule has 0 N–H and O–H groups in total. The molecule has 25 heavy (non-hydrogen) atoms. The normalized spacial score (nSPS) is 18.5. The third-order valence-electron chi connectivity index (χ3n) is 4.90. The molecule has 0 saturated carbocycles. The summed E-state index contributed by atoms with van der Waals surface area (Å²) in [5.74, 6) is 1.39. The number of hydrogen-bond acceptors (Lipinski definition) is 6. The highest BCUT2D eigenvalue weighted by Crippen LogP contribution is 2.47. The molecule has 1 fully saturated rings. The second kappa shape index (κ2) is 6.92. The highest BCUT2D eigenvalue weighted by Gasteiger charge is 2.45. The number of fused-ring (bicyclic) bond motifs is 1. The van der Waals surface area contributed by atoms with Gasteiger partial charge in [0.1, 0.15) is 12.2 Å². The van der Waals surface area contributed by atoms with E-state index in [1.165, 1.54) is 14.2 Å². The zero-order chi connectivity index (χ0) is 18.0. The van der Waals surface area contributed by atoms with Crippen LogP contribution in [-0.2, 0) is 9.53 Å². The van der Waals surface area contributed by atoms with Gasteiger partial charge in [0.05, 0.1) is 26.2 Å². The van der Waals surface area contributed by atoms with E-state index in [-0.39, 0.29) is 18.3 Å². The third-order valence-corrected chi connectivity index (χ3v) is 4.90. The zero-order valence-electron chi connectivity index (χ0n) is 14.8. The van der Waals surface area contributed by atoms with Gasteiger partial charge in [0.25, 0.3) is 0 Å². The number of hydrogen-bond donors (Lipinski definition) is 0. The lowest BCUT2D eigenvalue weighted by atomic mass is 9.82. The molecule has 1 amide bonds. The monoisotopic (exact) mass is 349 g/mol. The fourth-order valence-corrected chi connectivity index (χ4v) is 3.52. The molecule has 1 aromatic rings. The first-order chi connectivity index (χ1) is 12.0. The predicted molar refractivity (Wildman–Crippen MR) is 89.5 cm³/mol. The van der Waals surface area contributed by atoms with Crippen molar-refractivity contribution >= 4 is 11.7 Å². The largest absolute Gasteiger partial charge is 0.493 e. The number of carbonyl (C=O) groups is 2. The van der Waals surface area contributed by atoms with Crippen LogP contribution in [0.2, 0.25) is 0 Å². The SMILES string of the molecule is COCC(=O)N1CCC2(CC1)CC(=O)c1ccc(OC)c(OC)c1O2. The minimum Gasteiger partial charge on any atom is -0.493 e. The summed E-state index contributed by atoms with van der Waals surface area (Å²) in [6, 6.07) is 3.42. The Kier molecular flexibility index (Phi) is 4.85. The Morgan fingerprint density at radius 3 is 2.52 bits per heavy atom. The quantitative estimate of drug-likeness (QED) is 0.823. The zero-order valence-corrected chi connectivity index (χ0v) is 14.8. The Labute approximate surface area is 146 Å². The second-order valence-corrected chi connectivity index (χ2v) is 6.38. The first kappa shape index (κ1) is 17.5. The van der Waals surface area contributed by atoms with E-state index in [0.717, 1.165) is 0 Å². The summed E-state index contributed by atoms with van der Waals surface area (Å²) >= 11 is 0. The van der Waals surface area contributed by atoms with Gasteiger partial charge in [-0.05, 0) is 12.1 Å². The Hall–Kier alpha value is -2.28. The van der Waals surface area contributed by atoms with Crippen LogP contribution in [0.15, 0.2) is 12.1 Å². The van der Waals surface area contributed by atoms with Crippen LogP contribution in [-0.4, -0.2) is 63.2 Å². The molecule has 3 rings (SSSR count). The first-order valence-corrected chi connectivity index (χ1v) is 8.27. The molecule has 0 aromatic heterocycles. The number of rotatable bonds is 4. The Balaban J connectivity index is 1.84.